The average molecular weight is 613 g/mol. The van der Waals surface area contributed by atoms with Crippen molar-refractivity contribution in [3.63, 3.8) is 0 Å². The Hall–Kier alpha value is -4.59. The zero-order chi connectivity index (χ0) is 30.7. The largest absolute Gasteiger partial charge is 0.465 e. The number of carboxylic acid groups (broad SMARTS) is 1. The van der Waals surface area contributed by atoms with Gasteiger partial charge in [0.15, 0.2) is 0 Å². The topological polar surface area (TPSA) is 147 Å². The first-order valence-electron chi connectivity index (χ1n) is 13.6. The number of benzene rings is 2. The normalized spacial score (nSPS) is 17.1. The van der Waals surface area contributed by atoms with E-state index in [4.69, 9.17) is 4.74 Å². The van der Waals surface area contributed by atoms with Gasteiger partial charge in [-0.05, 0) is 49.2 Å². The molecule has 0 radical (unpaired) electrons. The molecule has 0 saturated carbocycles. The van der Waals surface area contributed by atoms with Crippen molar-refractivity contribution in [3.05, 3.63) is 66.2 Å². The molecule has 1 fully saturated rings. The minimum atomic E-state index is -3.76. The van der Waals surface area contributed by atoms with Crippen molar-refractivity contribution >= 4 is 38.5 Å². The fourth-order valence-electron chi connectivity index (χ4n) is 5.00. The fraction of sp³-hybridized carbons (Fsp3) is 0.310. The highest BCUT2D eigenvalue weighted by atomic mass is 32.2. The molecule has 3 N–H and O–H groups in total. The summed E-state index contributed by atoms with van der Waals surface area (Å²) in [6, 6.07) is 10.6. The molecular formula is C29H30F2N6O5S. The van der Waals surface area contributed by atoms with Gasteiger partial charge in [-0.3, -0.25) is 4.72 Å². The molecule has 1 aliphatic rings. The molecular weight excluding hydrogens is 582 g/mol. The van der Waals surface area contributed by atoms with Gasteiger partial charge in [0, 0.05) is 42.2 Å². The number of nitrogens with one attached hydrogen (secondary N) is 2. The monoisotopic (exact) mass is 612 g/mol. The summed E-state index contributed by atoms with van der Waals surface area (Å²) in [5.74, 6) is -0.162. The van der Waals surface area contributed by atoms with E-state index in [0.29, 0.717) is 39.8 Å². The summed E-state index contributed by atoms with van der Waals surface area (Å²) in [6.45, 7) is 3.42. The van der Waals surface area contributed by atoms with Crippen LogP contribution in [0.4, 0.5) is 25.2 Å². The van der Waals surface area contributed by atoms with Crippen LogP contribution in [0, 0.1) is 12.7 Å². The molecule has 0 bridgehead atoms. The van der Waals surface area contributed by atoms with Crippen LogP contribution in [0.2, 0.25) is 0 Å². The highest BCUT2D eigenvalue weighted by Gasteiger charge is 2.30. The molecule has 0 unspecified atom stereocenters. The van der Waals surface area contributed by atoms with Crippen LogP contribution < -0.4 is 14.8 Å². The maximum Gasteiger partial charge on any atom is 0.407 e. The number of sulfonamides is 1. The van der Waals surface area contributed by atoms with E-state index in [1.165, 1.54) is 24.5 Å². The third-order valence-corrected chi connectivity index (χ3v) is 8.39. The lowest BCUT2D eigenvalue weighted by atomic mass is 10.0. The SMILES string of the molecule is CCCS(=O)(=O)Nc1c(F)ccc2c(Oc3ncccc3-c3ccnc(N[C@H]4C[C@H](F)CN(C(=O)O)C4)n3)c(C)ccc12. The fourth-order valence-corrected chi connectivity index (χ4v) is 6.16. The van der Waals surface area contributed by atoms with Gasteiger partial charge in [-0.15, -0.1) is 0 Å². The van der Waals surface area contributed by atoms with Crippen molar-refractivity contribution in [1.29, 1.82) is 0 Å². The second-order valence-electron chi connectivity index (χ2n) is 10.2. The predicted octanol–water partition coefficient (Wildman–Crippen LogP) is 5.59. The smallest absolute Gasteiger partial charge is 0.407 e. The molecule has 4 aromatic rings. The molecule has 226 valence electrons. The van der Waals surface area contributed by atoms with E-state index in [0.717, 1.165) is 4.90 Å². The van der Waals surface area contributed by atoms with Gasteiger partial charge in [0.1, 0.15) is 17.7 Å². The Morgan fingerprint density at radius 1 is 1.12 bits per heavy atom. The van der Waals surface area contributed by atoms with Crippen LogP contribution in [-0.2, 0) is 10.0 Å². The number of aryl methyl sites for hydroxylation is 1. The molecule has 11 nitrogen and oxygen atoms in total. The van der Waals surface area contributed by atoms with Crippen LogP contribution in [0.15, 0.2) is 54.9 Å². The summed E-state index contributed by atoms with van der Waals surface area (Å²) in [7, 11) is -3.76. The summed E-state index contributed by atoms with van der Waals surface area (Å²) in [4.78, 5) is 25.6. The molecule has 5 rings (SSSR count). The first kappa shape index (κ1) is 29.9. The standard InChI is InChI=1S/C29H30F2N6O5S/c1-3-13-43(40,41)36-25-20-7-6-17(2)26(21(20)8-9-23(25)31)42-27-22(5-4-11-32-27)24-10-12-33-28(35-24)34-19-14-18(30)15-37(16-19)29(38)39/h4-12,18-19,36H,3,13-16H2,1-2H3,(H,38,39)(H,33,34,35)/t18-,19-/m0/s1. The number of hydrogen-bond donors (Lipinski definition) is 3. The quantitative estimate of drug-likeness (QED) is 0.220. The lowest BCUT2D eigenvalue weighted by Gasteiger charge is -2.33. The number of nitrogens with zero attached hydrogens (tertiary/aromatic N) is 4. The van der Waals surface area contributed by atoms with Gasteiger partial charge in [-0.2, -0.15) is 0 Å². The lowest BCUT2D eigenvalue weighted by Crippen LogP contribution is -2.49. The van der Waals surface area contributed by atoms with E-state index in [2.05, 4.69) is 25.0 Å². The molecule has 1 saturated heterocycles. The molecule has 0 spiro atoms. The Morgan fingerprint density at radius 3 is 2.67 bits per heavy atom. The summed E-state index contributed by atoms with van der Waals surface area (Å²) >= 11 is 0. The van der Waals surface area contributed by atoms with Crippen LogP contribution in [0.5, 0.6) is 11.6 Å². The molecule has 3 heterocycles. The molecule has 14 heteroatoms. The first-order valence-corrected chi connectivity index (χ1v) is 15.3. The van der Waals surface area contributed by atoms with Crippen molar-refractivity contribution in [1.82, 2.24) is 19.9 Å². The number of alkyl halides is 1. The van der Waals surface area contributed by atoms with Gasteiger partial charge in [0.05, 0.1) is 29.2 Å². The minimum absolute atomic E-state index is 0.0855. The Kier molecular flexibility index (Phi) is 8.57. The Bertz CT molecular complexity index is 1770. The Labute approximate surface area is 247 Å². The maximum absolute atomic E-state index is 14.9. The summed E-state index contributed by atoms with van der Waals surface area (Å²) in [5.41, 5.74) is 1.46. The third kappa shape index (κ3) is 6.74. The highest BCUT2D eigenvalue weighted by molar-refractivity contribution is 7.92. The molecule has 2 aromatic carbocycles. The number of amides is 1. The van der Waals surface area contributed by atoms with Crippen molar-refractivity contribution in [3.8, 4) is 22.9 Å². The van der Waals surface area contributed by atoms with Gasteiger partial charge in [-0.1, -0.05) is 19.1 Å². The van der Waals surface area contributed by atoms with Crippen molar-refractivity contribution < 1.29 is 31.8 Å². The molecule has 1 amide bonds. The number of likely N-dealkylation sites (tertiary alicyclic amines) is 1. The number of hydrogen-bond acceptors (Lipinski definition) is 8. The van der Waals surface area contributed by atoms with E-state index < -0.39 is 34.1 Å². The van der Waals surface area contributed by atoms with Crippen LogP contribution in [-0.4, -0.2) is 70.5 Å². The number of anilines is 2. The summed E-state index contributed by atoms with van der Waals surface area (Å²) in [5, 5.41) is 13.1. The van der Waals surface area contributed by atoms with E-state index in [1.54, 1.807) is 44.2 Å². The first-order chi connectivity index (χ1) is 20.5. The summed E-state index contributed by atoms with van der Waals surface area (Å²) < 4.78 is 62.7. The second-order valence-corrected chi connectivity index (χ2v) is 12.1. The molecule has 1 aliphatic heterocycles. The van der Waals surface area contributed by atoms with Crippen LogP contribution in [0.3, 0.4) is 0 Å². The molecule has 43 heavy (non-hydrogen) atoms. The Balaban J connectivity index is 1.47. The number of halogens is 2. The van der Waals surface area contributed by atoms with E-state index >= 15 is 0 Å². The van der Waals surface area contributed by atoms with Crippen LogP contribution >= 0.6 is 0 Å². The summed E-state index contributed by atoms with van der Waals surface area (Å²) in [6.07, 6.45) is 1.01. The Morgan fingerprint density at radius 2 is 1.91 bits per heavy atom. The third-order valence-electron chi connectivity index (χ3n) is 6.93. The van der Waals surface area contributed by atoms with Crippen LogP contribution in [0.1, 0.15) is 25.3 Å². The molecule has 0 aliphatic carbocycles. The maximum atomic E-state index is 14.9. The number of rotatable bonds is 9. The van der Waals surface area contributed by atoms with Crippen molar-refractivity contribution in [2.45, 2.75) is 38.9 Å². The van der Waals surface area contributed by atoms with Gasteiger partial charge >= 0.3 is 6.09 Å². The average Bonchev–Trinajstić information content (AvgIpc) is 2.96. The molecule has 2 atom stereocenters. The zero-order valence-electron chi connectivity index (χ0n) is 23.4. The van der Waals surface area contributed by atoms with Crippen molar-refractivity contribution in [2.75, 3.05) is 28.9 Å². The number of aromatic nitrogens is 3. The van der Waals surface area contributed by atoms with Gasteiger partial charge < -0.3 is 20.1 Å². The predicted molar refractivity (Wildman–Crippen MR) is 158 cm³/mol. The molecule has 2 aromatic heterocycles. The number of ether oxygens (including phenoxy) is 1. The number of carbonyl (C=O) groups is 1. The number of fused-ring (bicyclic) bond motifs is 1. The van der Waals surface area contributed by atoms with Gasteiger partial charge in [-0.25, -0.2) is 36.9 Å². The second kappa shape index (κ2) is 12.3. The van der Waals surface area contributed by atoms with E-state index in [-0.39, 0.29) is 42.8 Å². The van der Waals surface area contributed by atoms with Crippen LogP contribution in [0.25, 0.3) is 22.0 Å². The minimum Gasteiger partial charge on any atom is -0.465 e. The lowest BCUT2D eigenvalue weighted by molar-refractivity contribution is 0.102. The van der Waals surface area contributed by atoms with Gasteiger partial charge in [0.25, 0.3) is 0 Å². The van der Waals surface area contributed by atoms with Gasteiger partial charge in [0.2, 0.25) is 21.9 Å². The number of pyridine rings is 1. The van der Waals surface area contributed by atoms with E-state index in [9.17, 15) is 27.1 Å². The zero-order valence-corrected chi connectivity index (χ0v) is 24.2. The highest BCUT2D eigenvalue weighted by Crippen LogP contribution is 2.39. The van der Waals surface area contributed by atoms with Crippen molar-refractivity contribution in [2.24, 2.45) is 0 Å². The number of piperidine rings is 1. The van der Waals surface area contributed by atoms with E-state index in [1.807, 2.05) is 0 Å².